The molecule has 2 aromatic carbocycles. The summed E-state index contributed by atoms with van der Waals surface area (Å²) in [6.07, 6.45) is 2.42. The Morgan fingerprint density at radius 1 is 1.08 bits per heavy atom. The van der Waals surface area contributed by atoms with Crippen LogP contribution in [0.1, 0.15) is 25.8 Å². The third kappa shape index (κ3) is 4.72. The van der Waals surface area contributed by atoms with E-state index in [1.165, 1.54) is 16.2 Å². The van der Waals surface area contributed by atoms with Crippen molar-refractivity contribution in [3.63, 3.8) is 0 Å². The number of thiazole rings is 1. The van der Waals surface area contributed by atoms with Crippen LogP contribution in [0.5, 0.6) is 5.75 Å². The van der Waals surface area contributed by atoms with Gasteiger partial charge in [0.15, 0.2) is 6.10 Å². The van der Waals surface area contributed by atoms with Crippen molar-refractivity contribution in [1.29, 1.82) is 0 Å². The second-order valence-corrected chi connectivity index (χ2v) is 9.29. The maximum absolute atomic E-state index is 13.3. The number of aromatic nitrogens is 2. The lowest BCUT2D eigenvalue weighted by atomic mass is 10.1. The molecule has 3 heterocycles. The molecule has 1 unspecified atom stereocenters. The third-order valence-corrected chi connectivity index (χ3v) is 6.95. The standard InChI is InChI=1S/C28H26N4O3S/c1-3-18-9-5-6-10-20(18)30-26(33)16-32-23-15-19(12-13-25(23)35-24(4-2)28(32)34)22-17-36-27(31-22)21-11-7-8-14-29-21/h5-15,17,24H,3-4,16H2,1-2H3,(H,30,33). The van der Waals surface area contributed by atoms with E-state index >= 15 is 0 Å². The van der Waals surface area contributed by atoms with Crippen LogP contribution in [0.15, 0.2) is 72.2 Å². The first-order valence-corrected chi connectivity index (χ1v) is 12.8. The Morgan fingerprint density at radius 3 is 2.69 bits per heavy atom. The van der Waals surface area contributed by atoms with Crippen LogP contribution in [0.3, 0.4) is 0 Å². The van der Waals surface area contributed by atoms with Crippen LogP contribution < -0.4 is 15.0 Å². The second kappa shape index (κ2) is 10.3. The average molecular weight is 499 g/mol. The molecule has 182 valence electrons. The Labute approximate surface area is 213 Å². The molecule has 1 N–H and O–H groups in total. The summed E-state index contributed by atoms with van der Waals surface area (Å²) in [6, 6.07) is 19.0. The number of nitrogens with zero attached hydrogens (tertiary/aromatic N) is 3. The lowest BCUT2D eigenvalue weighted by molar-refractivity contribution is -0.128. The summed E-state index contributed by atoms with van der Waals surface area (Å²) >= 11 is 1.51. The number of hydrogen-bond acceptors (Lipinski definition) is 6. The Kier molecular flexibility index (Phi) is 6.77. The molecule has 7 nitrogen and oxygen atoms in total. The number of amides is 2. The highest BCUT2D eigenvalue weighted by Crippen LogP contribution is 2.39. The Morgan fingerprint density at radius 2 is 1.92 bits per heavy atom. The predicted octanol–water partition coefficient (Wildman–Crippen LogP) is 5.58. The van der Waals surface area contributed by atoms with Crippen molar-refractivity contribution in [3.05, 3.63) is 77.8 Å². The quantitative estimate of drug-likeness (QED) is 0.360. The highest BCUT2D eigenvalue weighted by atomic mass is 32.1. The van der Waals surface area contributed by atoms with Gasteiger partial charge in [-0.1, -0.05) is 38.1 Å². The molecule has 2 amide bonds. The van der Waals surface area contributed by atoms with E-state index < -0.39 is 6.10 Å². The van der Waals surface area contributed by atoms with E-state index in [1.807, 2.05) is 79.9 Å². The molecular formula is C28H26N4O3S. The fourth-order valence-electron chi connectivity index (χ4n) is 4.20. The number of para-hydroxylation sites is 1. The monoisotopic (exact) mass is 498 g/mol. The predicted molar refractivity (Wildman–Crippen MR) is 142 cm³/mol. The first-order valence-electron chi connectivity index (χ1n) is 11.9. The number of pyridine rings is 1. The first-order chi connectivity index (χ1) is 17.6. The van der Waals surface area contributed by atoms with E-state index in [4.69, 9.17) is 9.72 Å². The van der Waals surface area contributed by atoms with Gasteiger partial charge in [0.05, 0.1) is 17.1 Å². The molecule has 0 saturated carbocycles. The minimum atomic E-state index is -0.630. The maximum atomic E-state index is 13.3. The van der Waals surface area contributed by atoms with Gasteiger partial charge in [-0.15, -0.1) is 11.3 Å². The van der Waals surface area contributed by atoms with Gasteiger partial charge in [-0.3, -0.25) is 19.5 Å². The topological polar surface area (TPSA) is 84.4 Å². The van der Waals surface area contributed by atoms with E-state index in [2.05, 4.69) is 10.3 Å². The average Bonchev–Trinajstić information content (AvgIpc) is 3.41. The summed E-state index contributed by atoms with van der Waals surface area (Å²) in [5.41, 5.74) is 4.78. The number of fused-ring (bicyclic) bond motifs is 1. The molecule has 4 aromatic rings. The fourth-order valence-corrected chi connectivity index (χ4v) is 5.01. The fraction of sp³-hybridized carbons (Fsp3) is 0.214. The molecule has 0 spiro atoms. The minimum Gasteiger partial charge on any atom is -0.478 e. The first kappa shape index (κ1) is 23.7. The molecule has 2 aromatic heterocycles. The van der Waals surface area contributed by atoms with E-state index in [0.717, 1.165) is 39.6 Å². The lowest BCUT2D eigenvalue weighted by Gasteiger charge is -2.34. The van der Waals surface area contributed by atoms with Crippen molar-refractivity contribution < 1.29 is 14.3 Å². The van der Waals surface area contributed by atoms with Crippen molar-refractivity contribution in [2.45, 2.75) is 32.8 Å². The number of rotatable bonds is 7. The molecule has 0 saturated heterocycles. The van der Waals surface area contributed by atoms with Crippen LogP contribution in [-0.4, -0.2) is 34.4 Å². The summed E-state index contributed by atoms with van der Waals surface area (Å²) in [7, 11) is 0. The summed E-state index contributed by atoms with van der Waals surface area (Å²) in [4.78, 5) is 37.0. The Balaban J connectivity index is 1.44. The highest BCUT2D eigenvalue weighted by molar-refractivity contribution is 7.13. The third-order valence-electron chi connectivity index (χ3n) is 6.09. The molecule has 1 atom stereocenters. The van der Waals surface area contributed by atoms with Gasteiger partial charge in [0.25, 0.3) is 5.91 Å². The van der Waals surface area contributed by atoms with Gasteiger partial charge < -0.3 is 10.1 Å². The van der Waals surface area contributed by atoms with E-state index in [0.29, 0.717) is 17.9 Å². The molecule has 0 radical (unpaired) electrons. The number of carbonyl (C=O) groups is 2. The van der Waals surface area contributed by atoms with Crippen LogP contribution in [0.4, 0.5) is 11.4 Å². The number of benzene rings is 2. The zero-order valence-electron chi connectivity index (χ0n) is 20.1. The van der Waals surface area contributed by atoms with Crippen molar-refractivity contribution in [2.24, 2.45) is 0 Å². The van der Waals surface area contributed by atoms with Gasteiger partial charge in [-0.2, -0.15) is 0 Å². The van der Waals surface area contributed by atoms with Crippen LogP contribution in [0, 0.1) is 0 Å². The van der Waals surface area contributed by atoms with Gasteiger partial charge in [0.2, 0.25) is 5.91 Å². The Bertz CT molecular complexity index is 1400. The van der Waals surface area contributed by atoms with Crippen molar-refractivity contribution >= 4 is 34.5 Å². The van der Waals surface area contributed by atoms with Crippen LogP contribution in [0.25, 0.3) is 22.0 Å². The number of anilines is 2. The molecule has 0 fully saturated rings. The molecule has 1 aliphatic heterocycles. The molecule has 1 aliphatic rings. The SMILES string of the molecule is CCc1ccccc1NC(=O)CN1C(=O)C(CC)Oc2ccc(-c3csc(-c4ccccn4)n3)cc21. The van der Waals surface area contributed by atoms with Crippen molar-refractivity contribution in [2.75, 3.05) is 16.8 Å². The van der Waals surface area contributed by atoms with Gasteiger partial charge in [0, 0.05) is 22.8 Å². The molecule has 0 bridgehead atoms. The number of nitrogens with one attached hydrogen (secondary N) is 1. The van der Waals surface area contributed by atoms with Gasteiger partial charge >= 0.3 is 0 Å². The zero-order valence-corrected chi connectivity index (χ0v) is 20.9. The summed E-state index contributed by atoms with van der Waals surface area (Å²) in [6.45, 7) is 3.83. The molecular weight excluding hydrogens is 472 g/mol. The maximum Gasteiger partial charge on any atom is 0.268 e. The smallest absolute Gasteiger partial charge is 0.268 e. The van der Waals surface area contributed by atoms with Gasteiger partial charge in [0.1, 0.15) is 17.3 Å². The van der Waals surface area contributed by atoms with Crippen LogP contribution >= 0.6 is 11.3 Å². The zero-order chi connectivity index (χ0) is 25.1. The van der Waals surface area contributed by atoms with Crippen molar-refractivity contribution in [1.82, 2.24) is 9.97 Å². The number of ether oxygens (including phenoxy) is 1. The van der Waals surface area contributed by atoms with Crippen LogP contribution in [-0.2, 0) is 16.0 Å². The van der Waals surface area contributed by atoms with E-state index in [1.54, 1.807) is 6.20 Å². The molecule has 36 heavy (non-hydrogen) atoms. The largest absolute Gasteiger partial charge is 0.478 e. The lowest BCUT2D eigenvalue weighted by Crippen LogP contribution is -2.48. The number of hydrogen-bond donors (Lipinski definition) is 1. The van der Waals surface area contributed by atoms with Gasteiger partial charge in [-0.25, -0.2) is 4.98 Å². The molecule has 5 rings (SSSR count). The van der Waals surface area contributed by atoms with Gasteiger partial charge in [-0.05, 0) is 54.8 Å². The summed E-state index contributed by atoms with van der Waals surface area (Å²) in [5.74, 6) is 0.0871. The van der Waals surface area contributed by atoms with Crippen molar-refractivity contribution in [3.8, 4) is 27.7 Å². The Hall–Kier alpha value is -4.04. The highest BCUT2D eigenvalue weighted by Gasteiger charge is 2.35. The summed E-state index contributed by atoms with van der Waals surface area (Å²) in [5, 5.41) is 5.75. The number of aryl methyl sites for hydroxylation is 1. The van der Waals surface area contributed by atoms with Crippen LogP contribution in [0.2, 0.25) is 0 Å². The second-order valence-electron chi connectivity index (χ2n) is 8.43. The number of carbonyl (C=O) groups excluding carboxylic acids is 2. The summed E-state index contributed by atoms with van der Waals surface area (Å²) < 4.78 is 5.97. The molecule has 8 heteroatoms. The normalized spacial score (nSPS) is 14.8. The molecule has 0 aliphatic carbocycles. The van der Waals surface area contributed by atoms with E-state index in [-0.39, 0.29) is 18.4 Å². The minimum absolute atomic E-state index is 0.108. The van der Waals surface area contributed by atoms with E-state index in [9.17, 15) is 9.59 Å².